The number of aromatic nitrogens is 1. The largest absolute Gasteiger partial charge is 0.436 e. The molecule has 5 heterocycles. The van der Waals surface area contributed by atoms with Crippen molar-refractivity contribution < 1.29 is 23.6 Å². The van der Waals surface area contributed by atoms with Crippen molar-refractivity contribution in [3.05, 3.63) is 99.5 Å². The van der Waals surface area contributed by atoms with Gasteiger partial charge in [-0.1, -0.05) is 12.1 Å². The lowest BCUT2D eigenvalue weighted by Gasteiger charge is -2.23. The molecule has 0 unspecified atom stereocenters. The Morgan fingerprint density at radius 2 is 1.17 bits per heavy atom. The zero-order valence-corrected chi connectivity index (χ0v) is 26.9. The first-order chi connectivity index (χ1) is 22.9. The van der Waals surface area contributed by atoms with Crippen LogP contribution in [0.2, 0.25) is 0 Å². The molecular weight excluding hydrogens is 635 g/mol. The number of nitrogens with zero attached hydrogens (tertiary/aromatic N) is 3. The van der Waals surface area contributed by atoms with E-state index < -0.39 is 12.1 Å². The number of hydrogen-bond acceptors (Lipinski definition) is 8. The van der Waals surface area contributed by atoms with Crippen LogP contribution in [-0.2, 0) is 9.59 Å². The lowest BCUT2D eigenvalue weighted by atomic mass is 10.1. The van der Waals surface area contributed by atoms with Gasteiger partial charge in [0, 0.05) is 35.6 Å². The van der Waals surface area contributed by atoms with Crippen molar-refractivity contribution in [1.82, 2.24) is 14.8 Å². The molecular formula is C35H31N5O5S2. The van der Waals surface area contributed by atoms with E-state index in [-0.39, 0.29) is 23.6 Å². The van der Waals surface area contributed by atoms with Crippen molar-refractivity contribution in [3.8, 4) is 22.8 Å². The highest BCUT2D eigenvalue weighted by Gasteiger charge is 2.36. The first-order valence-corrected chi connectivity index (χ1v) is 17.2. The van der Waals surface area contributed by atoms with Crippen molar-refractivity contribution in [1.29, 1.82) is 0 Å². The maximum atomic E-state index is 13.1. The fourth-order valence-corrected chi connectivity index (χ4v) is 7.41. The highest BCUT2D eigenvalue weighted by Crippen LogP contribution is 2.29. The number of oxazole rings is 1. The molecule has 0 saturated carbocycles. The van der Waals surface area contributed by atoms with Crippen LogP contribution in [0.1, 0.15) is 45.0 Å². The van der Waals surface area contributed by atoms with Crippen molar-refractivity contribution in [3.63, 3.8) is 0 Å². The van der Waals surface area contributed by atoms with Crippen LogP contribution >= 0.6 is 22.7 Å². The monoisotopic (exact) mass is 665 g/mol. The standard InChI is InChI=1S/C35H31N5O5S2/c41-31(26-5-1-17-39(26)34(43)29-7-3-19-46-29)37-24-13-9-22(10-14-24)28-21-36-33(45-28)23-11-15-25(16-12-23)38-32(42)27-6-2-18-40(27)35(44)30-8-4-20-47-30/h3-4,7-16,19-21,26-27H,1-2,5-6,17-18H2,(H,37,41)(H,38,42)/t26-,27-/m0/s1. The molecule has 2 aromatic carbocycles. The number of rotatable bonds is 8. The second-order valence-electron chi connectivity index (χ2n) is 11.4. The molecule has 2 aliphatic rings. The van der Waals surface area contributed by atoms with Gasteiger partial charge in [-0.25, -0.2) is 4.98 Å². The predicted octanol–water partition coefficient (Wildman–Crippen LogP) is 6.62. The number of carbonyl (C=O) groups is 4. The molecule has 0 radical (unpaired) electrons. The summed E-state index contributed by atoms with van der Waals surface area (Å²) in [5, 5.41) is 9.61. The molecule has 0 bridgehead atoms. The Kier molecular flexibility index (Phi) is 8.68. The van der Waals surface area contributed by atoms with Gasteiger partial charge >= 0.3 is 0 Å². The first kappa shape index (κ1) is 30.6. The number of likely N-dealkylation sites (tertiary alicyclic amines) is 2. The fraction of sp³-hybridized carbons (Fsp3) is 0.229. The van der Waals surface area contributed by atoms with E-state index in [9.17, 15) is 19.2 Å². The third kappa shape index (κ3) is 6.47. The van der Waals surface area contributed by atoms with Crippen LogP contribution in [0.5, 0.6) is 0 Å². The Morgan fingerprint density at radius 3 is 1.64 bits per heavy atom. The van der Waals surface area contributed by atoms with Crippen LogP contribution in [0.4, 0.5) is 11.4 Å². The van der Waals surface area contributed by atoms with E-state index in [0.717, 1.165) is 24.0 Å². The minimum Gasteiger partial charge on any atom is -0.436 e. The van der Waals surface area contributed by atoms with Gasteiger partial charge in [0.15, 0.2) is 5.76 Å². The van der Waals surface area contributed by atoms with Crippen molar-refractivity contribution in [2.45, 2.75) is 37.8 Å². The van der Waals surface area contributed by atoms with E-state index in [1.54, 1.807) is 52.4 Å². The Morgan fingerprint density at radius 1 is 0.681 bits per heavy atom. The number of hydrogen-bond donors (Lipinski definition) is 2. The molecule has 0 aliphatic carbocycles. The summed E-state index contributed by atoms with van der Waals surface area (Å²) >= 11 is 2.76. The molecule has 2 aliphatic heterocycles. The Bertz CT molecular complexity index is 1750. The van der Waals surface area contributed by atoms with E-state index in [1.807, 2.05) is 47.2 Å². The lowest BCUT2D eigenvalue weighted by molar-refractivity contribution is -0.120. The molecule has 0 spiro atoms. The summed E-state index contributed by atoms with van der Waals surface area (Å²) in [4.78, 5) is 60.9. The van der Waals surface area contributed by atoms with Gasteiger partial charge < -0.3 is 24.9 Å². The second kappa shape index (κ2) is 13.3. The first-order valence-electron chi connectivity index (χ1n) is 15.4. The normalized spacial score (nSPS) is 17.5. The molecule has 4 amide bonds. The maximum absolute atomic E-state index is 13.1. The van der Waals surface area contributed by atoms with Crippen LogP contribution in [0.15, 0.2) is 94.2 Å². The summed E-state index contributed by atoms with van der Waals surface area (Å²) < 4.78 is 6.04. The number of nitrogens with one attached hydrogen (secondary N) is 2. The zero-order valence-electron chi connectivity index (χ0n) is 25.3. The molecule has 2 saturated heterocycles. The Balaban J connectivity index is 0.954. The minimum atomic E-state index is -0.503. The van der Waals surface area contributed by atoms with Crippen LogP contribution in [0.25, 0.3) is 22.8 Å². The molecule has 3 aromatic heterocycles. The van der Waals surface area contributed by atoms with Crippen molar-refractivity contribution in [2.24, 2.45) is 0 Å². The highest BCUT2D eigenvalue weighted by atomic mass is 32.1. The van der Waals surface area contributed by atoms with Gasteiger partial charge in [-0.15, -0.1) is 22.7 Å². The van der Waals surface area contributed by atoms with Gasteiger partial charge in [0.05, 0.1) is 16.0 Å². The molecule has 238 valence electrons. The summed E-state index contributed by atoms with van der Waals surface area (Å²) in [7, 11) is 0. The smallest absolute Gasteiger partial charge is 0.264 e. The molecule has 12 heteroatoms. The van der Waals surface area contributed by atoms with Gasteiger partial charge in [-0.05, 0) is 97.1 Å². The van der Waals surface area contributed by atoms with E-state index in [1.165, 1.54) is 22.7 Å². The molecule has 7 rings (SSSR count). The predicted molar refractivity (Wildman–Crippen MR) is 181 cm³/mol. The maximum Gasteiger partial charge on any atom is 0.264 e. The second-order valence-corrected chi connectivity index (χ2v) is 13.3. The van der Waals surface area contributed by atoms with Crippen LogP contribution in [-0.4, -0.2) is 63.6 Å². The van der Waals surface area contributed by atoms with E-state index in [4.69, 9.17) is 4.42 Å². The fourth-order valence-electron chi connectivity index (χ4n) is 6.05. The molecule has 47 heavy (non-hydrogen) atoms. The molecule has 10 nitrogen and oxygen atoms in total. The third-order valence-corrected chi connectivity index (χ3v) is 10.2. The molecule has 2 fully saturated rings. The third-order valence-electron chi connectivity index (χ3n) is 8.44. The van der Waals surface area contributed by atoms with E-state index in [0.29, 0.717) is 58.7 Å². The summed E-state index contributed by atoms with van der Waals surface area (Å²) in [5.41, 5.74) is 2.78. The van der Waals surface area contributed by atoms with Crippen molar-refractivity contribution >= 4 is 57.7 Å². The average molecular weight is 666 g/mol. The summed E-state index contributed by atoms with van der Waals surface area (Å²) in [6.07, 6.45) is 4.48. The number of thiophene rings is 2. The van der Waals surface area contributed by atoms with Crippen molar-refractivity contribution in [2.75, 3.05) is 23.7 Å². The zero-order chi connectivity index (χ0) is 32.3. The van der Waals surface area contributed by atoms with E-state index in [2.05, 4.69) is 15.6 Å². The highest BCUT2D eigenvalue weighted by molar-refractivity contribution is 7.12. The number of benzene rings is 2. The number of amides is 4. The van der Waals surface area contributed by atoms with E-state index >= 15 is 0 Å². The van der Waals surface area contributed by atoms with Gasteiger partial charge in [0.25, 0.3) is 11.8 Å². The SMILES string of the molecule is O=C(Nc1ccc(-c2cnc(-c3ccc(NC(=O)[C@@H]4CCCN4C(=O)c4cccs4)cc3)o2)cc1)[C@@H]1CCCN1C(=O)c1cccs1. The molecule has 2 atom stereocenters. The van der Waals surface area contributed by atoms with Gasteiger partial charge in [0.2, 0.25) is 17.7 Å². The Hall–Kier alpha value is -5.07. The lowest BCUT2D eigenvalue weighted by Crippen LogP contribution is -2.42. The van der Waals surface area contributed by atoms with Crippen LogP contribution < -0.4 is 10.6 Å². The summed E-state index contributed by atoms with van der Waals surface area (Å²) in [6, 6.07) is 20.7. The summed E-state index contributed by atoms with van der Waals surface area (Å²) in [5.74, 6) is 0.378. The Labute approximate surface area is 279 Å². The summed E-state index contributed by atoms with van der Waals surface area (Å²) in [6.45, 7) is 1.13. The number of anilines is 2. The van der Waals surface area contributed by atoms with Gasteiger partial charge in [-0.3, -0.25) is 19.2 Å². The average Bonchev–Trinajstić information content (AvgIpc) is 3.93. The van der Waals surface area contributed by atoms with Gasteiger partial charge in [0.1, 0.15) is 12.1 Å². The molecule has 2 N–H and O–H groups in total. The topological polar surface area (TPSA) is 125 Å². The quantitative estimate of drug-likeness (QED) is 0.192. The molecule has 5 aromatic rings. The number of carbonyl (C=O) groups excluding carboxylic acids is 4. The minimum absolute atomic E-state index is 0.105. The van der Waals surface area contributed by atoms with Crippen LogP contribution in [0.3, 0.4) is 0 Å². The van der Waals surface area contributed by atoms with Gasteiger partial charge in [-0.2, -0.15) is 0 Å². The van der Waals surface area contributed by atoms with Crippen LogP contribution in [0, 0.1) is 0 Å².